The van der Waals surface area contributed by atoms with E-state index in [4.69, 9.17) is 0 Å². The van der Waals surface area contributed by atoms with Crippen LogP contribution in [0.4, 0.5) is 0 Å². The van der Waals surface area contributed by atoms with Crippen molar-refractivity contribution in [1.82, 2.24) is 9.80 Å². The van der Waals surface area contributed by atoms with Gasteiger partial charge in [0, 0.05) is 38.8 Å². The van der Waals surface area contributed by atoms with Crippen LogP contribution in [0.1, 0.15) is 34.1 Å². The fourth-order valence-electron chi connectivity index (χ4n) is 2.40. The predicted octanol–water partition coefficient (Wildman–Crippen LogP) is 1.73. The van der Waals surface area contributed by atoms with E-state index in [9.17, 15) is 5.11 Å². The molecule has 0 spiro atoms. The zero-order valence-electron chi connectivity index (χ0n) is 11.8. The first-order chi connectivity index (χ1) is 8.02. The van der Waals surface area contributed by atoms with Gasteiger partial charge in [-0.25, -0.2) is 0 Å². The molecule has 1 aliphatic rings. The summed E-state index contributed by atoms with van der Waals surface area (Å²) in [5, 5.41) is 9.50. The summed E-state index contributed by atoms with van der Waals surface area (Å²) in [6.07, 6.45) is 3.25. The lowest BCUT2D eigenvalue weighted by Gasteiger charge is -2.41. The minimum atomic E-state index is -0.214. The summed E-state index contributed by atoms with van der Waals surface area (Å²) in [6, 6.07) is 0.601. The summed E-state index contributed by atoms with van der Waals surface area (Å²) < 4.78 is 0. The average Bonchev–Trinajstić information content (AvgIpc) is 2.26. The summed E-state index contributed by atoms with van der Waals surface area (Å²) in [5.41, 5.74) is 1.39. The number of nitrogens with zero attached hydrogens (tertiary/aromatic N) is 2. The van der Waals surface area contributed by atoms with E-state index in [-0.39, 0.29) is 6.10 Å². The van der Waals surface area contributed by atoms with Crippen molar-refractivity contribution in [1.29, 1.82) is 0 Å². The summed E-state index contributed by atoms with van der Waals surface area (Å²) in [5.74, 6) is 0. The summed E-state index contributed by atoms with van der Waals surface area (Å²) >= 11 is 0. The van der Waals surface area contributed by atoms with Gasteiger partial charge in [-0.05, 0) is 27.2 Å². The molecule has 1 rings (SSSR count). The Hall–Kier alpha value is -0.380. The van der Waals surface area contributed by atoms with E-state index in [1.54, 1.807) is 0 Å². The Bertz CT molecular complexity index is 247. The molecule has 0 bridgehead atoms. The lowest BCUT2D eigenvalue weighted by molar-refractivity contribution is 0.0408. The molecule has 1 saturated heterocycles. The second-order valence-electron chi connectivity index (χ2n) is 5.45. The number of piperazine rings is 1. The molecule has 1 aliphatic heterocycles. The minimum absolute atomic E-state index is 0.214. The maximum Gasteiger partial charge on any atom is 0.0639 e. The van der Waals surface area contributed by atoms with Gasteiger partial charge < -0.3 is 5.11 Å². The van der Waals surface area contributed by atoms with Crippen molar-refractivity contribution in [2.75, 3.05) is 32.7 Å². The first-order valence-electron chi connectivity index (χ1n) is 6.80. The summed E-state index contributed by atoms with van der Waals surface area (Å²) in [4.78, 5) is 4.95. The highest BCUT2D eigenvalue weighted by atomic mass is 16.3. The van der Waals surface area contributed by atoms with Gasteiger partial charge in [-0.2, -0.15) is 0 Å². The molecule has 3 heteroatoms. The zero-order chi connectivity index (χ0) is 12.8. The number of β-amino-alcohol motifs (C(OH)–C–C–N with tert-alkyl or cyclic N) is 1. The fourth-order valence-corrected chi connectivity index (χ4v) is 2.40. The molecule has 2 atom stereocenters. The molecule has 1 N–H and O–H groups in total. The van der Waals surface area contributed by atoms with E-state index in [2.05, 4.69) is 36.6 Å². The van der Waals surface area contributed by atoms with E-state index in [0.717, 1.165) is 39.1 Å². The summed E-state index contributed by atoms with van der Waals surface area (Å²) in [6.45, 7) is 13.6. The molecule has 0 aromatic heterocycles. The standard InChI is InChI=1S/C14H28N2O/c1-5-14-11-15(7-6-12(2)3)8-9-16(14)10-13(4)17/h6,13-14,17H,5,7-11H2,1-4H3. The van der Waals surface area contributed by atoms with Gasteiger partial charge in [0.15, 0.2) is 0 Å². The lowest BCUT2D eigenvalue weighted by Crippen LogP contribution is -2.54. The normalized spacial score (nSPS) is 24.6. The van der Waals surface area contributed by atoms with Crippen molar-refractivity contribution < 1.29 is 5.11 Å². The quantitative estimate of drug-likeness (QED) is 0.741. The van der Waals surface area contributed by atoms with Crippen LogP contribution in [0.5, 0.6) is 0 Å². The fraction of sp³-hybridized carbons (Fsp3) is 0.857. The Morgan fingerprint density at radius 1 is 1.41 bits per heavy atom. The van der Waals surface area contributed by atoms with Gasteiger partial charge >= 0.3 is 0 Å². The Morgan fingerprint density at radius 3 is 2.65 bits per heavy atom. The van der Waals surface area contributed by atoms with E-state index in [0.29, 0.717) is 6.04 Å². The Labute approximate surface area is 106 Å². The van der Waals surface area contributed by atoms with Crippen molar-refractivity contribution in [3.63, 3.8) is 0 Å². The first kappa shape index (κ1) is 14.7. The molecule has 0 aromatic carbocycles. The van der Waals surface area contributed by atoms with Crippen molar-refractivity contribution in [2.45, 2.75) is 46.3 Å². The Balaban J connectivity index is 2.45. The molecule has 0 aromatic rings. The third kappa shape index (κ3) is 5.19. The van der Waals surface area contributed by atoms with Crippen LogP contribution in [-0.4, -0.2) is 59.8 Å². The van der Waals surface area contributed by atoms with Crippen LogP contribution in [0.2, 0.25) is 0 Å². The first-order valence-corrected chi connectivity index (χ1v) is 6.80. The Morgan fingerprint density at radius 2 is 2.12 bits per heavy atom. The van der Waals surface area contributed by atoms with Gasteiger partial charge in [0.25, 0.3) is 0 Å². The van der Waals surface area contributed by atoms with Gasteiger partial charge in [-0.15, -0.1) is 0 Å². The van der Waals surface area contributed by atoms with Gasteiger partial charge in [0.1, 0.15) is 0 Å². The molecule has 0 amide bonds. The van der Waals surface area contributed by atoms with Crippen LogP contribution in [0.3, 0.4) is 0 Å². The zero-order valence-corrected chi connectivity index (χ0v) is 11.8. The van der Waals surface area contributed by atoms with Crippen LogP contribution in [-0.2, 0) is 0 Å². The van der Waals surface area contributed by atoms with E-state index in [1.165, 1.54) is 5.57 Å². The minimum Gasteiger partial charge on any atom is -0.392 e. The number of hydrogen-bond donors (Lipinski definition) is 1. The monoisotopic (exact) mass is 240 g/mol. The predicted molar refractivity (Wildman–Crippen MR) is 73.2 cm³/mol. The van der Waals surface area contributed by atoms with Crippen LogP contribution < -0.4 is 0 Å². The number of hydrogen-bond acceptors (Lipinski definition) is 3. The molecule has 0 saturated carbocycles. The number of aliphatic hydroxyl groups excluding tert-OH is 1. The SMILES string of the molecule is CCC1CN(CC=C(C)C)CCN1CC(C)O. The highest BCUT2D eigenvalue weighted by Crippen LogP contribution is 2.13. The maximum atomic E-state index is 9.50. The van der Waals surface area contributed by atoms with Crippen molar-refractivity contribution in [3.05, 3.63) is 11.6 Å². The van der Waals surface area contributed by atoms with E-state index >= 15 is 0 Å². The van der Waals surface area contributed by atoms with Crippen LogP contribution in [0.25, 0.3) is 0 Å². The van der Waals surface area contributed by atoms with Crippen molar-refractivity contribution in [3.8, 4) is 0 Å². The van der Waals surface area contributed by atoms with E-state index < -0.39 is 0 Å². The molecule has 1 heterocycles. The molecule has 0 radical (unpaired) electrons. The van der Waals surface area contributed by atoms with Gasteiger partial charge in [-0.1, -0.05) is 18.6 Å². The molecule has 2 unspecified atom stereocenters. The van der Waals surface area contributed by atoms with E-state index in [1.807, 2.05) is 6.92 Å². The molecular formula is C14H28N2O. The smallest absolute Gasteiger partial charge is 0.0639 e. The molecular weight excluding hydrogens is 212 g/mol. The Kier molecular flexibility index (Phi) is 6.17. The molecule has 0 aliphatic carbocycles. The molecule has 100 valence electrons. The van der Waals surface area contributed by atoms with Crippen molar-refractivity contribution >= 4 is 0 Å². The molecule has 17 heavy (non-hydrogen) atoms. The highest BCUT2D eigenvalue weighted by Gasteiger charge is 2.25. The highest BCUT2D eigenvalue weighted by molar-refractivity contribution is 4.96. The summed E-state index contributed by atoms with van der Waals surface area (Å²) in [7, 11) is 0. The van der Waals surface area contributed by atoms with Gasteiger partial charge in [0.2, 0.25) is 0 Å². The number of allylic oxidation sites excluding steroid dienone is 1. The molecule has 3 nitrogen and oxygen atoms in total. The second-order valence-corrected chi connectivity index (χ2v) is 5.45. The lowest BCUT2D eigenvalue weighted by atomic mass is 10.1. The van der Waals surface area contributed by atoms with Crippen molar-refractivity contribution in [2.24, 2.45) is 0 Å². The van der Waals surface area contributed by atoms with Crippen LogP contribution in [0, 0.1) is 0 Å². The molecule has 1 fully saturated rings. The third-order valence-corrected chi connectivity index (χ3v) is 3.42. The van der Waals surface area contributed by atoms with Crippen LogP contribution in [0.15, 0.2) is 11.6 Å². The van der Waals surface area contributed by atoms with Gasteiger partial charge in [-0.3, -0.25) is 9.80 Å². The number of aliphatic hydroxyl groups is 1. The van der Waals surface area contributed by atoms with Crippen LogP contribution >= 0.6 is 0 Å². The topological polar surface area (TPSA) is 26.7 Å². The average molecular weight is 240 g/mol. The van der Waals surface area contributed by atoms with Gasteiger partial charge in [0.05, 0.1) is 6.10 Å². The third-order valence-electron chi connectivity index (χ3n) is 3.42. The maximum absolute atomic E-state index is 9.50. The second kappa shape index (κ2) is 7.14. The number of rotatable bonds is 5. The largest absolute Gasteiger partial charge is 0.392 e.